The zero-order chi connectivity index (χ0) is 20.6. The second kappa shape index (κ2) is 8.38. The lowest BCUT2D eigenvalue weighted by atomic mass is 9.51. The number of Topliss-reactive ketones (excluding diaryl/α,β-unsaturated/α-hetero) is 1. The Morgan fingerprint density at radius 1 is 1.11 bits per heavy atom. The van der Waals surface area contributed by atoms with E-state index in [2.05, 4.69) is 48.5 Å². The van der Waals surface area contributed by atoms with Crippen molar-refractivity contribution < 1.29 is 9.90 Å². The largest absolute Gasteiger partial charge is 0.393 e. The highest BCUT2D eigenvalue weighted by molar-refractivity contribution is 7.81. The second-order valence-corrected chi connectivity index (χ2v) is 12.0. The van der Waals surface area contributed by atoms with Crippen LogP contribution in [-0.2, 0) is 4.79 Å². The molecule has 0 radical (unpaired) electrons. The van der Waals surface area contributed by atoms with Gasteiger partial charge in [-0.15, -0.1) is 0 Å². The van der Waals surface area contributed by atoms with E-state index in [4.69, 9.17) is 12.6 Å². The van der Waals surface area contributed by atoms with Crippen LogP contribution in [0.15, 0.2) is 0 Å². The van der Waals surface area contributed by atoms with Crippen LogP contribution in [-0.4, -0.2) is 22.2 Å². The minimum absolute atomic E-state index is 0.150. The molecule has 4 unspecified atom stereocenters. The van der Waals surface area contributed by atoms with Crippen LogP contribution in [0.4, 0.5) is 0 Å². The Morgan fingerprint density at radius 3 is 2.11 bits per heavy atom. The normalized spacial score (nSPS) is 38.1. The monoisotopic (exact) mass is 396 g/mol. The fraction of sp³-hybridized carbons (Fsp3) is 0.958. The predicted octanol–water partition coefficient (Wildman–Crippen LogP) is 6.31. The third kappa shape index (κ3) is 4.44. The maximum Gasteiger partial charge on any atom is 0.136 e. The highest BCUT2D eigenvalue weighted by Gasteiger charge is 2.51. The molecule has 2 rings (SSSR count). The van der Waals surface area contributed by atoms with Gasteiger partial charge < -0.3 is 5.11 Å². The highest BCUT2D eigenvalue weighted by atomic mass is 32.1. The van der Waals surface area contributed by atoms with Crippen molar-refractivity contribution in [3.05, 3.63) is 0 Å². The maximum atomic E-state index is 12.9. The molecule has 2 saturated carbocycles. The number of aliphatic hydroxyl groups is 1. The van der Waals surface area contributed by atoms with Gasteiger partial charge in [-0.3, -0.25) is 4.79 Å². The van der Waals surface area contributed by atoms with Gasteiger partial charge in [0, 0.05) is 17.6 Å². The van der Waals surface area contributed by atoms with Gasteiger partial charge in [-0.1, -0.05) is 48.5 Å². The van der Waals surface area contributed by atoms with Crippen LogP contribution in [0.2, 0.25) is 0 Å². The third-order valence-corrected chi connectivity index (χ3v) is 9.33. The first kappa shape index (κ1) is 23.3. The number of hydrogen-bond acceptors (Lipinski definition) is 3. The minimum Gasteiger partial charge on any atom is -0.393 e. The summed E-state index contributed by atoms with van der Waals surface area (Å²) in [4.78, 5) is 12.9. The Bertz CT molecular complexity index is 511. The predicted molar refractivity (Wildman–Crippen MR) is 118 cm³/mol. The van der Waals surface area contributed by atoms with Crippen LogP contribution in [0.3, 0.4) is 0 Å². The summed E-state index contributed by atoms with van der Waals surface area (Å²) in [6.07, 6.45) is 7.50. The van der Waals surface area contributed by atoms with Gasteiger partial charge in [0.05, 0.1) is 6.10 Å². The SMILES string of the molecule is CC(S)C1(C(C)CC2CC(C(C)C)(C(C)(C)C)CCC2=O)CCC(O)CC1. The Morgan fingerprint density at radius 2 is 1.67 bits per heavy atom. The van der Waals surface area contributed by atoms with Gasteiger partial charge >= 0.3 is 0 Å². The first-order valence-corrected chi connectivity index (χ1v) is 11.8. The van der Waals surface area contributed by atoms with Crippen molar-refractivity contribution in [1.29, 1.82) is 0 Å². The molecular formula is C24H44O2S. The van der Waals surface area contributed by atoms with Crippen molar-refractivity contribution in [1.82, 2.24) is 0 Å². The molecule has 2 nitrogen and oxygen atoms in total. The summed E-state index contributed by atoms with van der Waals surface area (Å²) < 4.78 is 0. The minimum atomic E-state index is -0.150. The summed E-state index contributed by atoms with van der Waals surface area (Å²) in [6.45, 7) is 16.4. The zero-order valence-corrected chi connectivity index (χ0v) is 19.7. The fourth-order valence-electron chi connectivity index (χ4n) is 6.62. The number of rotatable bonds is 5. The van der Waals surface area contributed by atoms with E-state index in [0.717, 1.165) is 51.4 Å². The molecule has 0 aliphatic heterocycles. The topological polar surface area (TPSA) is 37.3 Å². The van der Waals surface area contributed by atoms with Gasteiger partial charge in [0.2, 0.25) is 0 Å². The van der Waals surface area contributed by atoms with Gasteiger partial charge in [-0.25, -0.2) is 0 Å². The van der Waals surface area contributed by atoms with Crippen molar-refractivity contribution in [3.63, 3.8) is 0 Å². The summed E-state index contributed by atoms with van der Waals surface area (Å²) in [5.74, 6) is 1.73. The Kier molecular flexibility index (Phi) is 7.22. The third-order valence-electron chi connectivity index (χ3n) is 8.82. The highest BCUT2D eigenvalue weighted by Crippen LogP contribution is 2.57. The summed E-state index contributed by atoms with van der Waals surface area (Å²) in [6, 6.07) is 0. The molecule has 0 aromatic rings. The van der Waals surface area contributed by atoms with Gasteiger partial charge in [0.25, 0.3) is 0 Å². The molecule has 4 atom stereocenters. The molecular weight excluding hydrogens is 352 g/mol. The molecule has 0 aromatic carbocycles. The van der Waals surface area contributed by atoms with Crippen LogP contribution in [0.5, 0.6) is 0 Å². The molecule has 0 saturated heterocycles. The van der Waals surface area contributed by atoms with E-state index in [1.165, 1.54) is 0 Å². The molecule has 158 valence electrons. The molecule has 2 aliphatic rings. The lowest BCUT2D eigenvalue weighted by Crippen LogP contribution is -2.48. The van der Waals surface area contributed by atoms with Crippen LogP contribution >= 0.6 is 12.6 Å². The number of thiol groups is 1. The summed E-state index contributed by atoms with van der Waals surface area (Å²) in [5, 5.41) is 10.3. The van der Waals surface area contributed by atoms with Crippen molar-refractivity contribution in [2.24, 2.45) is 34.0 Å². The smallest absolute Gasteiger partial charge is 0.136 e. The summed E-state index contributed by atoms with van der Waals surface area (Å²) in [5.41, 5.74) is 0.614. The van der Waals surface area contributed by atoms with E-state index in [9.17, 15) is 9.90 Å². The zero-order valence-electron chi connectivity index (χ0n) is 18.8. The van der Waals surface area contributed by atoms with E-state index in [1.54, 1.807) is 0 Å². The number of aliphatic hydroxyl groups excluding tert-OH is 1. The average molecular weight is 397 g/mol. The van der Waals surface area contributed by atoms with Crippen LogP contribution in [0.25, 0.3) is 0 Å². The maximum absolute atomic E-state index is 12.9. The molecule has 3 heteroatoms. The Labute approximate surface area is 173 Å². The Hall–Kier alpha value is -0.0200. The molecule has 27 heavy (non-hydrogen) atoms. The number of carbonyl (C=O) groups excluding carboxylic acids is 1. The number of hydrogen-bond donors (Lipinski definition) is 2. The molecule has 0 amide bonds. The van der Waals surface area contributed by atoms with Gasteiger partial charge in [0.15, 0.2) is 0 Å². The van der Waals surface area contributed by atoms with Crippen LogP contribution in [0, 0.1) is 34.0 Å². The number of ketones is 1. The lowest BCUT2D eigenvalue weighted by molar-refractivity contribution is -0.134. The van der Waals surface area contributed by atoms with Crippen molar-refractivity contribution in [3.8, 4) is 0 Å². The molecule has 2 aliphatic carbocycles. The first-order valence-electron chi connectivity index (χ1n) is 11.2. The molecule has 0 spiro atoms. The van der Waals surface area contributed by atoms with Gasteiger partial charge in [0.1, 0.15) is 5.78 Å². The molecule has 0 bridgehead atoms. The van der Waals surface area contributed by atoms with Gasteiger partial charge in [-0.05, 0) is 73.0 Å². The van der Waals surface area contributed by atoms with E-state index in [-0.39, 0.29) is 28.3 Å². The summed E-state index contributed by atoms with van der Waals surface area (Å²) >= 11 is 4.88. The molecule has 0 heterocycles. The quantitative estimate of drug-likeness (QED) is 0.534. The average Bonchev–Trinajstić information content (AvgIpc) is 2.56. The van der Waals surface area contributed by atoms with Gasteiger partial charge in [-0.2, -0.15) is 12.6 Å². The molecule has 0 aromatic heterocycles. The molecule has 2 fully saturated rings. The first-order chi connectivity index (χ1) is 12.4. The van der Waals surface area contributed by atoms with E-state index in [1.807, 2.05) is 0 Å². The summed E-state index contributed by atoms with van der Waals surface area (Å²) in [7, 11) is 0. The van der Waals surface area contributed by atoms with Crippen LogP contribution < -0.4 is 0 Å². The van der Waals surface area contributed by atoms with E-state index >= 15 is 0 Å². The van der Waals surface area contributed by atoms with E-state index in [0.29, 0.717) is 22.9 Å². The van der Waals surface area contributed by atoms with E-state index < -0.39 is 0 Å². The second-order valence-electron chi connectivity index (χ2n) is 11.2. The van der Waals surface area contributed by atoms with Crippen molar-refractivity contribution in [2.45, 2.75) is 111 Å². The molecule has 1 N–H and O–H groups in total. The Balaban J connectivity index is 2.22. The standard InChI is InChI=1S/C24H44O2S/c1-16(2)24(22(5,6)7)13-10-21(26)19(15-24)14-17(3)23(18(4)27)11-8-20(25)9-12-23/h16-20,25,27H,8-15H2,1-7H3. The van der Waals surface area contributed by atoms with Crippen molar-refractivity contribution >= 4 is 18.4 Å². The van der Waals surface area contributed by atoms with Crippen molar-refractivity contribution in [2.75, 3.05) is 0 Å². The number of carbonyl (C=O) groups is 1. The lowest BCUT2D eigenvalue weighted by Gasteiger charge is -2.54. The fourth-order valence-corrected chi connectivity index (χ4v) is 7.13. The van der Waals surface area contributed by atoms with Crippen LogP contribution in [0.1, 0.15) is 99.8 Å².